The van der Waals surface area contributed by atoms with E-state index in [9.17, 15) is 4.79 Å². The van der Waals surface area contributed by atoms with Crippen molar-refractivity contribution in [2.24, 2.45) is 0 Å². The lowest BCUT2D eigenvalue weighted by Crippen LogP contribution is -2.36. The lowest BCUT2D eigenvalue weighted by atomic mass is 10.1. The molecule has 128 valence electrons. The molecule has 1 aliphatic heterocycles. The molecule has 0 bridgehead atoms. The van der Waals surface area contributed by atoms with E-state index in [-0.39, 0.29) is 11.4 Å². The van der Waals surface area contributed by atoms with E-state index >= 15 is 0 Å². The van der Waals surface area contributed by atoms with Crippen molar-refractivity contribution in [1.82, 2.24) is 4.57 Å². The molecule has 1 N–H and O–H groups in total. The van der Waals surface area contributed by atoms with Gasteiger partial charge in [-0.15, -0.1) is 0 Å². The maximum atomic E-state index is 12.6. The van der Waals surface area contributed by atoms with Crippen LogP contribution in [0.25, 0.3) is 0 Å². The lowest BCUT2D eigenvalue weighted by Gasteiger charge is -2.30. The summed E-state index contributed by atoms with van der Waals surface area (Å²) in [4.78, 5) is 14.9. The number of anilines is 2. The molecule has 0 unspecified atom stereocenters. The first-order valence-electron chi connectivity index (χ1n) is 8.37. The van der Waals surface area contributed by atoms with Gasteiger partial charge in [0, 0.05) is 31.0 Å². The Morgan fingerprint density at radius 1 is 1.12 bits per heavy atom. The standard InChI is InChI=1S/C19H25N3O2/c1-19(2,3)22-9-8-15(14-22)18(23)20-16-6-4-5-7-17(16)21-10-12-24-13-11-21/h4-9,14H,10-13H2,1-3H3,(H,20,23). The topological polar surface area (TPSA) is 46.5 Å². The van der Waals surface area contributed by atoms with Crippen LogP contribution >= 0.6 is 0 Å². The fourth-order valence-electron chi connectivity index (χ4n) is 2.80. The molecule has 5 heteroatoms. The summed E-state index contributed by atoms with van der Waals surface area (Å²) in [6.07, 6.45) is 3.84. The highest BCUT2D eigenvalue weighted by molar-refractivity contribution is 6.05. The van der Waals surface area contributed by atoms with Gasteiger partial charge in [-0.3, -0.25) is 4.79 Å². The molecule has 1 saturated heterocycles. The van der Waals surface area contributed by atoms with Gasteiger partial charge in [-0.25, -0.2) is 0 Å². The quantitative estimate of drug-likeness (QED) is 0.940. The Bertz CT molecular complexity index is 709. The van der Waals surface area contributed by atoms with Crippen LogP contribution < -0.4 is 10.2 Å². The van der Waals surface area contributed by atoms with Gasteiger partial charge in [0.25, 0.3) is 5.91 Å². The van der Waals surface area contributed by atoms with Crippen molar-refractivity contribution in [1.29, 1.82) is 0 Å². The molecule has 2 aromatic rings. The number of amides is 1. The van der Waals surface area contributed by atoms with Gasteiger partial charge in [-0.2, -0.15) is 0 Å². The second kappa shape index (κ2) is 6.69. The Hall–Kier alpha value is -2.27. The van der Waals surface area contributed by atoms with Crippen LogP contribution in [0.4, 0.5) is 11.4 Å². The van der Waals surface area contributed by atoms with E-state index < -0.39 is 0 Å². The van der Waals surface area contributed by atoms with E-state index in [4.69, 9.17) is 4.74 Å². The molecule has 1 aromatic carbocycles. The van der Waals surface area contributed by atoms with Crippen molar-refractivity contribution in [2.45, 2.75) is 26.3 Å². The van der Waals surface area contributed by atoms with Crippen LogP contribution in [-0.4, -0.2) is 36.8 Å². The summed E-state index contributed by atoms with van der Waals surface area (Å²) in [5.74, 6) is -0.0845. The van der Waals surface area contributed by atoms with E-state index in [2.05, 4.69) is 35.6 Å². The largest absolute Gasteiger partial charge is 0.378 e. The predicted molar refractivity (Wildman–Crippen MR) is 96.9 cm³/mol. The molecule has 0 aliphatic carbocycles. The lowest BCUT2D eigenvalue weighted by molar-refractivity contribution is 0.102. The number of carbonyl (C=O) groups is 1. The summed E-state index contributed by atoms with van der Waals surface area (Å²) in [5.41, 5.74) is 2.52. The van der Waals surface area contributed by atoms with Gasteiger partial charge in [-0.1, -0.05) is 12.1 Å². The zero-order valence-corrected chi connectivity index (χ0v) is 14.6. The highest BCUT2D eigenvalue weighted by atomic mass is 16.5. The number of para-hydroxylation sites is 2. The summed E-state index contributed by atoms with van der Waals surface area (Å²) >= 11 is 0. The van der Waals surface area contributed by atoms with Gasteiger partial charge < -0.3 is 19.5 Å². The number of nitrogens with zero attached hydrogens (tertiary/aromatic N) is 2. The molecule has 2 heterocycles. The minimum absolute atomic E-state index is 0.0375. The Kier molecular flexibility index (Phi) is 4.62. The molecular formula is C19H25N3O2. The molecule has 24 heavy (non-hydrogen) atoms. The van der Waals surface area contributed by atoms with Crippen LogP contribution in [-0.2, 0) is 10.3 Å². The van der Waals surface area contributed by atoms with Crippen molar-refractivity contribution in [3.63, 3.8) is 0 Å². The number of hydrogen-bond donors (Lipinski definition) is 1. The molecule has 0 saturated carbocycles. The van der Waals surface area contributed by atoms with Gasteiger partial charge in [0.15, 0.2) is 0 Å². The first kappa shape index (κ1) is 16.6. The van der Waals surface area contributed by atoms with Crippen molar-refractivity contribution >= 4 is 17.3 Å². The summed E-state index contributed by atoms with van der Waals surface area (Å²) < 4.78 is 7.47. The van der Waals surface area contributed by atoms with Crippen LogP contribution in [0.3, 0.4) is 0 Å². The molecule has 1 amide bonds. The normalized spacial score (nSPS) is 15.4. The number of carbonyl (C=O) groups excluding carboxylic acids is 1. The van der Waals surface area contributed by atoms with Crippen LogP contribution in [0, 0.1) is 0 Å². The summed E-state index contributed by atoms with van der Waals surface area (Å²) in [5, 5.41) is 3.05. The number of ether oxygens (including phenoxy) is 1. The molecule has 0 radical (unpaired) electrons. The van der Waals surface area contributed by atoms with Gasteiger partial charge >= 0.3 is 0 Å². The zero-order valence-electron chi connectivity index (χ0n) is 14.6. The highest BCUT2D eigenvalue weighted by Crippen LogP contribution is 2.27. The first-order valence-corrected chi connectivity index (χ1v) is 8.37. The van der Waals surface area contributed by atoms with Crippen molar-refractivity contribution in [3.05, 3.63) is 48.3 Å². The summed E-state index contributed by atoms with van der Waals surface area (Å²) in [6, 6.07) is 9.79. The molecular weight excluding hydrogens is 302 g/mol. The average molecular weight is 327 g/mol. The van der Waals surface area contributed by atoms with Gasteiger partial charge in [-0.05, 0) is 39.0 Å². The van der Waals surface area contributed by atoms with Gasteiger partial charge in [0.1, 0.15) is 0 Å². The zero-order chi connectivity index (χ0) is 17.2. The Morgan fingerprint density at radius 2 is 1.83 bits per heavy atom. The van der Waals surface area contributed by atoms with Crippen LogP contribution in [0.1, 0.15) is 31.1 Å². The van der Waals surface area contributed by atoms with Gasteiger partial charge in [0.2, 0.25) is 0 Å². The number of hydrogen-bond acceptors (Lipinski definition) is 3. The molecule has 1 fully saturated rings. The van der Waals surface area contributed by atoms with E-state index in [1.54, 1.807) is 0 Å². The second-order valence-electron chi connectivity index (χ2n) is 7.05. The van der Waals surface area contributed by atoms with Crippen LogP contribution in [0.2, 0.25) is 0 Å². The third-order valence-corrected chi connectivity index (χ3v) is 4.23. The second-order valence-corrected chi connectivity index (χ2v) is 7.05. The van der Waals surface area contributed by atoms with Gasteiger partial charge in [0.05, 0.1) is 30.2 Å². The van der Waals surface area contributed by atoms with E-state index in [1.165, 1.54) is 0 Å². The van der Waals surface area contributed by atoms with Crippen molar-refractivity contribution in [2.75, 3.05) is 36.5 Å². The van der Waals surface area contributed by atoms with Crippen molar-refractivity contribution < 1.29 is 9.53 Å². The van der Waals surface area contributed by atoms with E-state index in [0.29, 0.717) is 5.56 Å². The maximum absolute atomic E-state index is 12.6. The van der Waals surface area contributed by atoms with Crippen LogP contribution in [0.15, 0.2) is 42.7 Å². The molecule has 1 aliphatic rings. The fourth-order valence-corrected chi connectivity index (χ4v) is 2.80. The average Bonchev–Trinajstić information content (AvgIpc) is 3.07. The molecule has 3 rings (SSSR count). The highest BCUT2D eigenvalue weighted by Gasteiger charge is 2.18. The van der Waals surface area contributed by atoms with Crippen LogP contribution in [0.5, 0.6) is 0 Å². The monoisotopic (exact) mass is 327 g/mol. The fraction of sp³-hybridized carbons (Fsp3) is 0.421. The smallest absolute Gasteiger partial charge is 0.257 e. The third-order valence-electron chi connectivity index (χ3n) is 4.23. The maximum Gasteiger partial charge on any atom is 0.257 e. The van der Waals surface area contributed by atoms with Crippen molar-refractivity contribution in [3.8, 4) is 0 Å². The predicted octanol–water partition coefficient (Wildman–Crippen LogP) is 3.33. The number of morpholine rings is 1. The van der Waals surface area contributed by atoms with E-state index in [1.807, 2.05) is 42.7 Å². The number of nitrogens with one attached hydrogen (secondary N) is 1. The van der Waals surface area contributed by atoms with E-state index in [0.717, 1.165) is 37.7 Å². The first-order chi connectivity index (χ1) is 11.4. The Balaban J connectivity index is 1.78. The minimum Gasteiger partial charge on any atom is -0.378 e. The molecule has 0 spiro atoms. The number of benzene rings is 1. The SMILES string of the molecule is CC(C)(C)n1ccc(C(=O)Nc2ccccc2N2CCOCC2)c1. The molecule has 5 nitrogen and oxygen atoms in total. The molecule has 0 atom stereocenters. The Morgan fingerprint density at radius 3 is 2.50 bits per heavy atom. The third kappa shape index (κ3) is 3.62. The minimum atomic E-state index is -0.0845. The summed E-state index contributed by atoms with van der Waals surface area (Å²) in [7, 11) is 0. The summed E-state index contributed by atoms with van der Waals surface area (Å²) in [6.45, 7) is 9.46. The molecule has 1 aromatic heterocycles. The Labute approximate surface area is 143 Å². The number of rotatable bonds is 3. The number of aromatic nitrogens is 1.